The van der Waals surface area contributed by atoms with E-state index in [-0.39, 0.29) is 23.0 Å². The topological polar surface area (TPSA) is 105 Å². The van der Waals surface area contributed by atoms with Crippen molar-refractivity contribution in [2.75, 3.05) is 30.6 Å². The van der Waals surface area contributed by atoms with E-state index in [1.807, 2.05) is 45.0 Å². The van der Waals surface area contributed by atoms with E-state index in [0.29, 0.717) is 37.7 Å². The van der Waals surface area contributed by atoms with E-state index in [4.69, 9.17) is 9.47 Å². The van der Waals surface area contributed by atoms with Crippen LogP contribution in [0.3, 0.4) is 0 Å². The molecular weight excluding hydrogens is 554 g/mol. The molecule has 0 aromatic heterocycles. The first-order valence-corrected chi connectivity index (χ1v) is 15.8. The zero-order chi connectivity index (χ0) is 30.1. The number of carbonyl (C=O) groups is 2. The number of hydrogen-bond donors (Lipinski definition) is 1. The molecule has 1 aliphatic heterocycles. The quantitative estimate of drug-likeness (QED) is 0.289. The van der Waals surface area contributed by atoms with Crippen LogP contribution in [0.5, 0.6) is 11.5 Å². The minimum absolute atomic E-state index is 0.0438. The first-order chi connectivity index (χ1) is 20.2. The Labute approximate surface area is 248 Å². The van der Waals surface area contributed by atoms with Crippen LogP contribution in [0.1, 0.15) is 44.2 Å². The molecule has 1 N–H and O–H groups in total. The average molecular weight is 594 g/mol. The molecule has 3 aromatic carbocycles. The summed E-state index contributed by atoms with van der Waals surface area (Å²) in [7, 11) is -4.17. The fraction of sp³-hybridized carbons (Fsp3) is 0.375. The normalized spacial score (nSPS) is 13.2. The summed E-state index contributed by atoms with van der Waals surface area (Å²) < 4.78 is 40.4. The number of unbranched alkanes of at least 4 members (excludes halogenated alkanes) is 1. The number of nitrogens with one attached hydrogen (secondary N) is 1. The predicted octanol–water partition coefficient (Wildman–Crippen LogP) is 4.69. The highest BCUT2D eigenvalue weighted by molar-refractivity contribution is 7.92. The Kier molecular flexibility index (Phi) is 10.5. The number of aryl methyl sites for hydroxylation is 1. The minimum Gasteiger partial charge on any atom is -0.486 e. The first-order valence-electron chi connectivity index (χ1n) is 14.3. The van der Waals surface area contributed by atoms with Crippen molar-refractivity contribution in [1.82, 2.24) is 10.2 Å². The second-order valence-electron chi connectivity index (χ2n) is 10.2. The molecule has 3 aromatic rings. The van der Waals surface area contributed by atoms with Gasteiger partial charge in [0, 0.05) is 19.2 Å². The molecule has 1 atom stereocenters. The molecule has 42 heavy (non-hydrogen) atoms. The molecule has 0 bridgehead atoms. The lowest BCUT2D eigenvalue weighted by Crippen LogP contribution is -2.52. The number of anilines is 1. The van der Waals surface area contributed by atoms with E-state index in [1.165, 1.54) is 17.0 Å². The van der Waals surface area contributed by atoms with Crippen LogP contribution in [0.15, 0.2) is 77.7 Å². The van der Waals surface area contributed by atoms with Crippen LogP contribution in [-0.4, -0.2) is 57.5 Å². The number of hydrogen-bond acceptors (Lipinski definition) is 6. The number of amides is 2. The maximum Gasteiger partial charge on any atom is 0.264 e. The molecule has 1 unspecified atom stereocenters. The Morgan fingerprint density at radius 1 is 0.929 bits per heavy atom. The third kappa shape index (κ3) is 7.42. The minimum atomic E-state index is -4.17. The van der Waals surface area contributed by atoms with Gasteiger partial charge in [-0.25, -0.2) is 8.42 Å². The molecule has 0 saturated heterocycles. The van der Waals surface area contributed by atoms with E-state index >= 15 is 0 Å². The highest BCUT2D eigenvalue weighted by Crippen LogP contribution is 2.36. The lowest BCUT2D eigenvalue weighted by molar-refractivity contribution is -0.140. The number of carbonyl (C=O) groups excluding carboxylic acids is 2. The van der Waals surface area contributed by atoms with Gasteiger partial charge in [0.25, 0.3) is 10.0 Å². The van der Waals surface area contributed by atoms with E-state index < -0.39 is 28.5 Å². The van der Waals surface area contributed by atoms with E-state index in [9.17, 15) is 18.0 Å². The van der Waals surface area contributed by atoms with Gasteiger partial charge in [0.1, 0.15) is 25.8 Å². The van der Waals surface area contributed by atoms with Crippen molar-refractivity contribution in [2.45, 2.75) is 57.5 Å². The summed E-state index contributed by atoms with van der Waals surface area (Å²) in [6.45, 7) is 6.71. The first kappa shape index (κ1) is 30.9. The largest absolute Gasteiger partial charge is 0.486 e. The zero-order valence-electron chi connectivity index (χ0n) is 24.4. The summed E-state index contributed by atoms with van der Waals surface area (Å²) in [5.74, 6) is 0.147. The molecule has 2 amide bonds. The van der Waals surface area contributed by atoms with Gasteiger partial charge in [-0.15, -0.1) is 0 Å². The van der Waals surface area contributed by atoms with Crippen molar-refractivity contribution >= 4 is 27.5 Å². The van der Waals surface area contributed by atoms with Crippen LogP contribution in [0.4, 0.5) is 5.69 Å². The van der Waals surface area contributed by atoms with Gasteiger partial charge in [-0.2, -0.15) is 0 Å². The standard InChI is InChI=1S/C32H39N3O6S/c1-4-6-17-33-32(37)28(5-2)34(22-25-12-10-11-24(3)20-25)31(36)23-35(42(38,39)27-13-8-7-9-14-27)26-15-16-29-30(21-26)41-19-18-40-29/h7-16,20-21,28H,4-6,17-19,22-23H2,1-3H3,(H,33,37). The molecule has 1 heterocycles. The number of nitrogens with zero attached hydrogens (tertiary/aromatic N) is 2. The molecule has 0 radical (unpaired) electrons. The fourth-order valence-corrected chi connectivity index (χ4v) is 6.30. The highest BCUT2D eigenvalue weighted by Gasteiger charge is 2.34. The fourth-order valence-electron chi connectivity index (χ4n) is 4.87. The van der Waals surface area contributed by atoms with Crippen LogP contribution in [0.2, 0.25) is 0 Å². The second kappa shape index (κ2) is 14.2. The maximum atomic E-state index is 14.2. The van der Waals surface area contributed by atoms with Gasteiger partial charge in [0.15, 0.2) is 11.5 Å². The van der Waals surface area contributed by atoms with Crippen LogP contribution in [0, 0.1) is 6.92 Å². The Hall–Kier alpha value is -4.05. The molecule has 9 nitrogen and oxygen atoms in total. The summed E-state index contributed by atoms with van der Waals surface area (Å²) >= 11 is 0. The number of benzene rings is 3. The predicted molar refractivity (Wildman–Crippen MR) is 162 cm³/mol. The van der Waals surface area contributed by atoms with E-state index in [2.05, 4.69) is 5.32 Å². The Balaban J connectivity index is 1.73. The lowest BCUT2D eigenvalue weighted by atomic mass is 10.1. The molecular formula is C32H39N3O6S. The van der Waals surface area contributed by atoms with Crippen molar-refractivity contribution < 1.29 is 27.5 Å². The third-order valence-corrected chi connectivity index (χ3v) is 8.86. The SMILES string of the molecule is CCCCNC(=O)C(CC)N(Cc1cccc(C)c1)C(=O)CN(c1ccc2c(c1)OCCO2)S(=O)(=O)c1ccccc1. The molecule has 1 aliphatic rings. The van der Waals surface area contributed by atoms with Crippen molar-refractivity contribution in [2.24, 2.45) is 0 Å². The van der Waals surface area contributed by atoms with Crippen LogP contribution >= 0.6 is 0 Å². The van der Waals surface area contributed by atoms with Gasteiger partial charge in [-0.1, -0.05) is 68.3 Å². The molecule has 10 heteroatoms. The zero-order valence-corrected chi connectivity index (χ0v) is 25.2. The van der Waals surface area contributed by atoms with Gasteiger partial charge in [0.05, 0.1) is 10.6 Å². The van der Waals surface area contributed by atoms with Crippen molar-refractivity contribution in [1.29, 1.82) is 0 Å². The lowest BCUT2D eigenvalue weighted by Gasteiger charge is -2.33. The molecule has 0 fully saturated rings. The summed E-state index contributed by atoms with van der Waals surface area (Å²) in [5.41, 5.74) is 2.12. The summed E-state index contributed by atoms with van der Waals surface area (Å²) in [6, 6.07) is 19.7. The van der Waals surface area contributed by atoms with Crippen molar-refractivity contribution in [3.8, 4) is 11.5 Å². The van der Waals surface area contributed by atoms with Crippen LogP contribution < -0.4 is 19.1 Å². The van der Waals surface area contributed by atoms with Crippen LogP contribution in [0.25, 0.3) is 0 Å². The second-order valence-corrected chi connectivity index (χ2v) is 12.1. The highest BCUT2D eigenvalue weighted by atomic mass is 32.2. The smallest absolute Gasteiger partial charge is 0.264 e. The molecule has 0 spiro atoms. The summed E-state index contributed by atoms with van der Waals surface area (Å²) in [4.78, 5) is 29.1. The molecule has 4 rings (SSSR count). The third-order valence-electron chi connectivity index (χ3n) is 7.07. The molecule has 0 saturated carbocycles. The Morgan fingerprint density at radius 2 is 1.67 bits per heavy atom. The molecule has 224 valence electrons. The van der Waals surface area contributed by atoms with E-state index in [0.717, 1.165) is 28.3 Å². The van der Waals surface area contributed by atoms with Crippen molar-refractivity contribution in [3.63, 3.8) is 0 Å². The molecule has 0 aliphatic carbocycles. The average Bonchev–Trinajstić information content (AvgIpc) is 3.00. The number of rotatable bonds is 13. The Morgan fingerprint density at radius 3 is 2.36 bits per heavy atom. The monoisotopic (exact) mass is 593 g/mol. The van der Waals surface area contributed by atoms with Gasteiger partial charge in [-0.3, -0.25) is 13.9 Å². The summed E-state index contributed by atoms with van der Waals surface area (Å²) in [6.07, 6.45) is 2.11. The number of ether oxygens (including phenoxy) is 2. The maximum absolute atomic E-state index is 14.2. The van der Waals surface area contributed by atoms with E-state index in [1.54, 1.807) is 36.4 Å². The number of sulfonamides is 1. The Bertz CT molecular complexity index is 1480. The summed E-state index contributed by atoms with van der Waals surface area (Å²) in [5, 5.41) is 2.95. The van der Waals surface area contributed by atoms with Crippen molar-refractivity contribution in [3.05, 3.63) is 83.9 Å². The van der Waals surface area contributed by atoms with Gasteiger partial charge < -0.3 is 19.7 Å². The van der Waals surface area contributed by atoms with Gasteiger partial charge in [0.2, 0.25) is 11.8 Å². The van der Waals surface area contributed by atoms with Gasteiger partial charge >= 0.3 is 0 Å². The van der Waals surface area contributed by atoms with Crippen LogP contribution in [-0.2, 0) is 26.2 Å². The van der Waals surface area contributed by atoms with Gasteiger partial charge in [-0.05, 0) is 49.6 Å². The number of fused-ring (bicyclic) bond motifs is 1.